The van der Waals surface area contributed by atoms with Gasteiger partial charge >= 0.3 is 13.8 Å². The van der Waals surface area contributed by atoms with Gasteiger partial charge in [0.05, 0.1) is 40.4 Å². The van der Waals surface area contributed by atoms with Crippen molar-refractivity contribution in [3.8, 4) is 0 Å². The Balaban J connectivity index is 4.06. The fourth-order valence-electron chi connectivity index (χ4n) is 1.94. The van der Waals surface area contributed by atoms with Gasteiger partial charge < -0.3 is 19.0 Å². The van der Waals surface area contributed by atoms with Crippen LogP contribution in [0.1, 0.15) is 25.7 Å². The summed E-state index contributed by atoms with van der Waals surface area (Å²) in [5.74, 6) is -0.423. The van der Waals surface area contributed by atoms with Crippen molar-refractivity contribution in [1.82, 2.24) is 0 Å². The van der Waals surface area contributed by atoms with Crippen molar-refractivity contribution in [3.63, 3.8) is 0 Å². The predicted octanol–water partition coefficient (Wildman–Crippen LogP) is 1.46. The van der Waals surface area contributed by atoms with Crippen molar-refractivity contribution in [2.45, 2.75) is 31.7 Å². The largest absolute Gasteiger partial charge is 0.469 e. The number of phosphoric acid groups is 1. The molecule has 7 nitrogen and oxygen atoms in total. The van der Waals surface area contributed by atoms with E-state index in [9.17, 15) is 9.36 Å². The summed E-state index contributed by atoms with van der Waals surface area (Å²) in [6.45, 7) is 3.70. The van der Waals surface area contributed by atoms with E-state index < -0.39 is 13.8 Å². The molecule has 0 aliphatic heterocycles. The summed E-state index contributed by atoms with van der Waals surface area (Å²) in [5.41, 5.74) is 0. The molecule has 0 rings (SSSR count). The summed E-state index contributed by atoms with van der Waals surface area (Å²) >= 11 is 0. The van der Waals surface area contributed by atoms with Crippen LogP contribution in [0.3, 0.4) is 0 Å². The lowest BCUT2D eigenvalue weighted by Crippen LogP contribution is -2.45. The Hall–Kier alpha value is -0.720. The molecule has 0 heterocycles. The van der Waals surface area contributed by atoms with E-state index in [1.807, 2.05) is 21.1 Å². The number of hydrogen-bond donors (Lipinski definition) is 2. The molecule has 0 aromatic carbocycles. The molecular formula is C13H27NO6P+. The molecule has 0 saturated heterocycles. The minimum atomic E-state index is -4.40. The van der Waals surface area contributed by atoms with Crippen LogP contribution in [0.2, 0.25) is 0 Å². The van der Waals surface area contributed by atoms with E-state index in [0.717, 1.165) is 25.3 Å². The van der Waals surface area contributed by atoms with E-state index in [-0.39, 0.29) is 12.6 Å². The fourth-order valence-corrected chi connectivity index (χ4v) is 2.28. The van der Waals surface area contributed by atoms with Crippen LogP contribution in [0, 0.1) is 0 Å². The Kier molecular flexibility index (Phi) is 9.01. The van der Waals surface area contributed by atoms with Crippen molar-refractivity contribution in [2.24, 2.45) is 0 Å². The van der Waals surface area contributed by atoms with E-state index in [2.05, 4.69) is 11.1 Å². The van der Waals surface area contributed by atoms with Crippen LogP contribution >= 0.6 is 7.82 Å². The summed E-state index contributed by atoms with van der Waals surface area (Å²) in [7, 11) is 1.68. The van der Waals surface area contributed by atoms with Gasteiger partial charge in [0.2, 0.25) is 0 Å². The molecule has 2 N–H and O–H groups in total. The molecule has 21 heavy (non-hydrogen) atoms. The highest BCUT2D eigenvalue weighted by molar-refractivity contribution is 7.46. The molecular weight excluding hydrogens is 297 g/mol. The molecule has 0 amide bonds. The first kappa shape index (κ1) is 20.3. The molecule has 8 heteroatoms. The van der Waals surface area contributed by atoms with Crippen LogP contribution in [0.15, 0.2) is 12.7 Å². The Labute approximate surface area is 126 Å². The minimum absolute atomic E-state index is 0.0237. The van der Waals surface area contributed by atoms with E-state index in [4.69, 9.17) is 14.5 Å². The molecule has 0 aliphatic rings. The van der Waals surface area contributed by atoms with Crippen molar-refractivity contribution in [2.75, 3.05) is 34.4 Å². The number of quaternary nitrogens is 1. The number of carbonyl (C=O) groups is 1. The van der Waals surface area contributed by atoms with Gasteiger partial charge in [-0.05, 0) is 19.3 Å². The Morgan fingerprint density at radius 3 is 2.33 bits per heavy atom. The van der Waals surface area contributed by atoms with Crippen molar-refractivity contribution in [1.29, 1.82) is 0 Å². The lowest BCUT2D eigenvalue weighted by atomic mass is 10.0. The number of phosphoric ester groups is 1. The smallest absolute Gasteiger partial charge is 0.463 e. The Morgan fingerprint density at radius 1 is 1.24 bits per heavy atom. The van der Waals surface area contributed by atoms with Crippen LogP contribution in [-0.2, 0) is 18.6 Å². The number of ether oxygens (including phenoxy) is 1. The average molecular weight is 324 g/mol. The molecule has 0 aliphatic carbocycles. The van der Waals surface area contributed by atoms with Gasteiger partial charge in [0, 0.05) is 12.5 Å². The quantitative estimate of drug-likeness (QED) is 0.196. The van der Waals surface area contributed by atoms with Gasteiger partial charge in [-0.2, -0.15) is 0 Å². The molecule has 1 atom stereocenters. The SMILES string of the molecule is C=CC(=O)OCCCCC(CCOP(=O)(O)O)[N+](C)(C)C. The lowest BCUT2D eigenvalue weighted by molar-refractivity contribution is -0.896. The van der Waals surface area contributed by atoms with E-state index in [0.29, 0.717) is 17.5 Å². The second-order valence-electron chi connectivity index (χ2n) is 5.75. The highest BCUT2D eigenvalue weighted by Crippen LogP contribution is 2.36. The van der Waals surface area contributed by atoms with E-state index in [1.165, 1.54) is 0 Å². The molecule has 0 saturated carbocycles. The number of hydrogen-bond acceptors (Lipinski definition) is 4. The molecule has 0 bridgehead atoms. The van der Waals surface area contributed by atoms with Crippen LogP contribution < -0.4 is 0 Å². The minimum Gasteiger partial charge on any atom is -0.463 e. The average Bonchev–Trinajstić information content (AvgIpc) is 2.33. The van der Waals surface area contributed by atoms with E-state index in [1.54, 1.807) is 0 Å². The first-order chi connectivity index (χ1) is 9.56. The van der Waals surface area contributed by atoms with Crippen molar-refractivity contribution >= 4 is 13.8 Å². The van der Waals surface area contributed by atoms with Crippen LogP contribution in [0.25, 0.3) is 0 Å². The Bertz CT molecular complexity index is 373. The predicted molar refractivity (Wildman–Crippen MR) is 79.4 cm³/mol. The zero-order valence-electron chi connectivity index (χ0n) is 13.0. The van der Waals surface area contributed by atoms with Gasteiger partial charge in [-0.3, -0.25) is 4.52 Å². The summed E-state index contributed by atoms with van der Waals surface area (Å²) in [6.07, 6.45) is 4.16. The summed E-state index contributed by atoms with van der Waals surface area (Å²) < 4.78 is 20.7. The first-order valence-corrected chi connectivity index (χ1v) is 8.39. The lowest BCUT2D eigenvalue weighted by Gasteiger charge is -2.34. The number of unbranched alkanes of at least 4 members (excludes halogenated alkanes) is 1. The molecule has 0 aromatic rings. The van der Waals surface area contributed by atoms with Gasteiger partial charge in [0.25, 0.3) is 0 Å². The molecule has 0 spiro atoms. The zero-order chi connectivity index (χ0) is 16.5. The monoisotopic (exact) mass is 324 g/mol. The van der Waals surface area contributed by atoms with E-state index >= 15 is 0 Å². The van der Waals surface area contributed by atoms with Crippen LogP contribution in [-0.4, -0.2) is 60.6 Å². The Morgan fingerprint density at radius 2 is 1.86 bits per heavy atom. The van der Waals surface area contributed by atoms with Gasteiger partial charge in [0.1, 0.15) is 0 Å². The van der Waals surface area contributed by atoms with Crippen molar-refractivity contribution < 1.29 is 32.9 Å². The highest BCUT2D eigenvalue weighted by Gasteiger charge is 2.24. The van der Waals surface area contributed by atoms with Crippen LogP contribution in [0.5, 0.6) is 0 Å². The second kappa shape index (κ2) is 9.33. The number of carbonyl (C=O) groups excluding carboxylic acids is 1. The fraction of sp³-hybridized carbons (Fsp3) is 0.769. The zero-order valence-corrected chi connectivity index (χ0v) is 13.9. The molecule has 0 aromatic heterocycles. The normalized spacial score (nSPS) is 13.8. The van der Waals surface area contributed by atoms with Gasteiger partial charge in [-0.25, -0.2) is 9.36 Å². The van der Waals surface area contributed by atoms with Gasteiger partial charge in [-0.1, -0.05) is 6.58 Å². The highest BCUT2D eigenvalue weighted by atomic mass is 31.2. The third-order valence-corrected chi connectivity index (χ3v) is 3.67. The van der Waals surface area contributed by atoms with Crippen molar-refractivity contribution in [3.05, 3.63) is 12.7 Å². The second-order valence-corrected chi connectivity index (χ2v) is 6.99. The molecule has 0 fully saturated rings. The molecule has 124 valence electrons. The first-order valence-electron chi connectivity index (χ1n) is 6.86. The standard InChI is InChI=1S/C13H26NO6P/c1-5-13(15)19-10-7-6-8-12(14(2,3)4)9-11-20-21(16,17)18/h5,12H,1,6-11H2,2-4H3,(H-,16,17,18)/p+1. The number of esters is 1. The number of nitrogens with zero attached hydrogens (tertiary/aromatic N) is 1. The third-order valence-electron chi connectivity index (χ3n) is 3.15. The van der Waals surface area contributed by atoms with Gasteiger partial charge in [-0.15, -0.1) is 0 Å². The molecule has 0 radical (unpaired) electrons. The number of rotatable bonds is 11. The van der Waals surface area contributed by atoms with Gasteiger partial charge in [0.15, 0.2) is 0 Å². The third kappa shape index (κ3) is 11.6. The maximum absolute atomic E-state index is 10.9. The van der Waals surface area contributed by atoms with Crippen LogP contribution in [0.4, 0.5) is 0 Å². The maximum atomic E-state index is 10.9. The summed E-state index contributed by atoms with van der Waals surface area (Å²) in [6, 6.07) is 0.214. The summed E-state index contributed by atoms with van der Waals surface area (Å²) in [5, 5.41) is 0. The summed E-state index contributed by atoms with van der Waals surface area (Å²) in [4.78, 5) is 28.2. The molecule has 1 unspecified atom stereocenters. The topological polar surface area (TPSA) is 93.1 Å². The maximum Gasteiger partial charge on any atom is 0.469 e.